The van der Waals surface area contributed by atoms with Gasteiger partial charge in [-0.15, -0.1) is 0 Å². The third kappa shape index (κ3) is 4.51. The standard InChI is InChI=1S/C15H24N2O3S/c16-11-13-1-3-15(4-2-13)21(19,20)10-8-17-7-5-14(12-17)6-9-18/h1-4,14,18H,5-12,16H2. The minimum absolute atomic E-state index is 0.140. The van der Waals surface area contributed by atoms with Gasteiger partial charge in [0.25, 0.3) is 0 Å². The Morgan fingerprint density at radius 3 is 2.62 bits per heavy atom. The van der Waals surface area contributed by atoms with Crippen molar-refractivity contribution in [3.63, 3.8) is 0 Å². The summed E-state index contributed by atoms with van der Waals surface area (Å²) >= 11 is 0. The monoisotopic (exact) mass is 312 g/mol. The Balaban J connectivity index is 1.89. The largest absolute Gasteiger partial charge is 0.396 e. The Hall–Kier alpha value is -0.950. The predicted molar refractivity (Wildman–Crippen MR) is 82.6 cm³/mol. The molecule has 0 bridgehead atoms. The third-order valence-corrected chi connectivity index (χ3v) is 5.81. The summed E-state index contributed by atoms with van der Waals surface area (Å²) in [6, 6.07) is 6.80. The number of hydrogen-bond donors (Lipinski definition) is 2. The molecule has 1 saturated heterocycles. The summed E-state index contributed by atoms with van der Waals surface area (Å²) in [5, 5.41) is 8.94. The smallest absolute Gasteiger partial charge is 0.179 e. The first-order valence-electron chi connectivity index (χ1n) is 7.40. The molecule has 0 radical (unpaired) electrons. The van der Waals surface area contributed by atoms with E-state index in [2.05, 4.69) is 4.90 Å². The van der Waals surface area contributed by atoms with Gasteiger partial charge in [-0.25, -0.2) is 8.42 Å². The van der Waals surface area contributed by atoms with Crippen LogP contribution in [0.5, 0.6) is 0 Å². The zero-order chi connectivity index (χ0) is 15.3. The average molecular weight is 312 g/mol. The van der Waals surface area contributed by atoms with E-state index in [4.69, 9.17) is 10.8 Å². The highest BCUT2D eigenvalue weighted by molar-refractivity contribution is 7.91. The highest BCUT2D eigenvalue weighted by Gasteiger charge is 2.23. The van der Waals surface area contributed by atoms with Crippen LogP contribution in [0.15, 0.2) is 29.2 Å². The first-order valence-corrected chi connectivity index (χ1v) is 9.05. The maximum Gasteiger partial charge on any atom is 0.179 e. The van der Waals surface area contributed by atoms with E-state index in [9.17, 15) is 8.42 Å². The van der Waals surface area contributed by atoms with Crippen LogP contribution in [-0.2, 0) is 16.4 Å². The van der Waals surface area contributed by atoms with E-state index in [0.717, 1.165) is 31.5 Å². The number of likely N-dealkylation sites (tertiary alicyclic amines) is 1. The fraction of sp³-hybridized carbons (Fsp3) is 0.600. The maximum atomic E-state index is 12.3. The summed E-state index contributed by atoms with van der Waals surface area (Å²) in [4.78, 5) is 2.54. The van der Waals surface area contributed by atoms with E-state index in [1.54, 1.807) is 24.3 Å². The highest BCUT2D eigenvalue weighted by atomic mass is 32.2. The van der Waals surface area contributed by atoms with Gasteiger partial charge >= 0.3 is 0 Å². The molecule has 1 aliphatic heterocycles. The molecule has 1 fully saturated rings. The first kappa shape index (κ1) is 16.4. The average Bonchev–Trinajstić information content (AvgIpc) is 2.93. The number of hydrogen-bond acceptors (Lipinski definition) is 5. The van der Waals surface area contributed by atoms with Gasteiger partial charge in [0.2, 0.25) is 0 Å². The molecule has 6 heteroatoms. The number of aliphatic hydroxyl groups excluding tert-OH is 1. The van der Waals surface area contributed by atoms with Crippen LogP contribution in [-0.4, -0.2) is 50.4 Å². The molecule has 1 atom stereocenters. The van der Waals surface area contributed by atoms with Crippen LogP contribution in [0.3, 0.4) is 0 Å². The lowest BCUT2D eigenvalue weighted by atomic mass is 10.1. The van der Waals surface area contributed by atoms with Gasteiger partial charge in [-0.3, -0.25) is 0 Å². The number of aliphatic hydroxyl groups is 1. The van der Waals surface area contributed by atoms with Crippen molar-refractivity contribution >= 4 is 9.84 Å². The molecule has 3 N–H and O–H groups in total. The third-order valence-electron chi connectivity index (χ3n) is 4.10. The van der Waals surface area contributed by atoms with Crippen LogP contribution in [0, 0.1) is 5.92 Å². The molecule has 0 spiro atoms. The fourth-order valence-electron chi connectivity index (χ4n) is 2.73. The summed E-state index contributed by atoms with van der Waals surface area (Å²) in [5.41, 5.74) is 6.44. The van der Waals surface area contributed by atoms with E-state index in [-0.39, 0.29) is 12.4 Å². The van der Waals surface area contributed by atoms with Crippen molar-refractivity contribution < 1.29 is 13.5 Å². The van der Waals surface area contributed by atoms with Crippen LogP contribution in [0.4, 0.5) is 0 Å². The maximum absolute atomic E-state index is 12.3. The van der Waals surface area contributed by atoms with Crippen molar-refractivity contribution in [2.24, 2.45) is 11.7 Å². The number of benzene rings is 1. The molecule has 0 aliphatic carbocycles. The van der Waals surface area contributed by atoms with Crippen LogP contribution < -0.4 is 5.73 Å². The molecule has 1 aromatic carbocycles. The lowest BCUT2D eigenvalue weighted by molar-refractivity contribution is 0.253. The topological polar surface area (TPSA) is 83.6 Å². The minimum atomic E-state index is -3.23. The van der Waals surface area contributed by atoms with Crippen molar-refractivity contribution in [2.45, 2.75) is 24.3 Å². The molecule has 118 valence electrons. The van der Waals surface area contributed by atoms with Gasteiger partial charge in [0.05, 0.1) is 10.6 Å². The van der Waals surface area contributed by atoms with Crippen molar-refractivity contribution in [3.8, 4) is 0 Å². The summed E-state index contributed by atoms with van der Waals surface area (Å²) in [6.07, 6.45) is 1.86. The van der Waals surface area contributed by atoms with Gasteiger partial charge in [-0.2, -0.15) is 0 Å². The molecule has 1 unspecified atom stereocenters. The van der Waals surface area contributed by atoms with Gasteiger partial charge in [0.1, 0.15) is 0 Å². The van der Waals surface area contributed by atoms with Gasteiger partial charge in [0.15, 0.2) is 9.84 Å². The van der Waals surface area contributed by atoms with Crippen LogP contribution >= 0.6 is 0 Å². The molecular formula is C15H24N2O3S. The van der Waals surface area contributed by atoms with Gasteiger partial charge in [-0.05, 0) is 43.0 Å². The van der Waals surface area contributed by atoms with E-state index >= 15 is 0 Å². The second-order valence-corrected chi connectivity index (χ2v) is 7.74. The van der Waals surface area contributed by atoms with E-state index in [0.29, 0.717) is 23.9 Å². The zero-order valence-corrected chi connectivity index (χ0v) is 13.1. The SMILES string of the molecule is NCc1ccc(S(=O)(=O)CCN2CCC(CCO)C2)cc1. The number of nitrogens with zero attached hydrogens (tertiary/aromatic N) is 1. The number of nitrogens with two attached hydrogens (primary N) is 1. The second-order valence-electron chi connectivity index (χ2n) is 5.63. The summed E-state index contributed by atoms with van der Waals surface area (Å²) < 4.78 is 24.6. The summed E-state index contributed by atoms with van der Waals surface area (Å²) in [7, 11) is -3.23. The molecular weight excluding hydrogens is 288 g/mol. The quantitative estimate of drug-likeness (QED) is 0.771. The Morgan fingerprint density at radius 1 is 1.29 bits per heavy atom. The Labute approximate surface area is 126 Å². The van der Waals surface area contributed by atoms with Gasteiger partial charge in [-0.1, -0.05) is 12.1 Å². The molecule has 0 amide bonds. The second kappa shape index (κ2) is 7.35. The molecule has 0 aromatic heterocycles. The van der Waals surface area contributed by atoms with E-state index < -0.39 is 9.84 Å². The predicted octanol–water partition coefficient (Wildman–Crippen LogP) is 0.623. The van der Waals surface area contributed by atoms with Crippen LogP contribution in [0.25, 0.3) is 0 Å². The Bertz CT molecular complexity index is 543. The van der Waals surface area contributed by atoms with Crippen molar-refractivity contribution in [2.75, 3.05) is 32.0 Å². The summed E-state index contributed by atoms with van der Waals surface area (Å²) in [5.74, 6) is 0.641. The molecule has 21 heavy (non-hydrogen) atoms. The first-order chi connectivity index (χ1) is 10.0. The molecule has 1 heterocycles. The van der Waals surface area contributed by atoms with E-state index in [1.807, 2.05) is 0 Å². The zero-order valence-electron chi connectivity index (χ0n) is 12.2. The lowest BCUT2D eigenvalue weighted by Crippen LogP contribution is -2.27. The van der Waals surface area contributed by atoms with Crippen LogP contribution in [0.1, 0.15) is 18.4 Å². The fourth-order valence-corrected chi connectivity index (χ4v) is 4.02. The lowest BCUT2D eigenvalue weighted by Gasteiger charge is -2.15. The van der Waals surface area contributed by atoms with Gasteiger partial charge in [0, 0.05) is 26.2 Å². The van der Waals surface area contributed by atoms with Crippen molar-refractivity contribution in [1.29, 1.82) is 0 Å². The van der Waals surface area contributed by atoms with E-state index in [1.165, 1.54) is 0 Å². The van der Waals surface area contributed by atoms with Crippen molar-refractivity contribution in [3.05, 3.63) is 29.8 Å². The highest BCUT2D eigenvalue weighted by Crippen LogP contribution is 2.20. The Morgan fingerprint density at radius 2 is 2.00 bits per heavy atom. The van der Waals surface area contributed by atoms with Crippen LogP contribution in [0.2, 0.25) is 0 Å². The molecule has 2 rings (SSSR count). The molecule has 1 aliphatic rings. The summed E-state index contributed by atoms with van der Waals surface area (Å²) in [6.45, 7) is 3.00. The normalized spacial score (nSPS) is 20.0. The molecule has 5 nitrogen and oxygen atoms in total. The number of sulfone groups is 1. The van der Waals surface area contributed by atoms with Crippen molar-refractivity contribution in [1.82, 2.24) is 4.90 Å². The van der Waals surface area contributed by atoms with Gasteiger partial charge < -0.3 is 15.7 Å². The Kier molecular flexibility index (Phi) is 5.75. The molecule has 1 aromatic rings. The minimum Gasteiger partial charge on any atom is -0.396 e. The molecule has 0 saturated carbocycles. The number of rotatable bonds is 7.